The number of ether oxygens (including phenoxy) is 2. The Kier molecular flexibility index (Phi) is 5.29. The molecular formula is C21H21NO3. The van der Waals surface area contributed by atoms with Crippen molar-refractivity contribution in [2.45, 2.75) is 26.4 Å². The third-order valence-corrected chi connectivity index (χ3v) is 4.04. The molecule has 4 nitrogen and oxygen atoms in total. The Bertz CT molecular complexity index is 876. The fourth-order valence-corrected chi connectivity index (χ4v) is 2.62. The lowest BCUT2D eigenvalue weighted by Gasteiger charge is -2.13. The van der Waals surface area contributed by atoms with Gasteiger partial charge < -0.3 is 9.47 Å². The Morgan fingerprint density at radius 1 is 1.08 bits per heavy atom. The van der Waals surface area contributed by atoms with Crippen molar-refractivity contribution in [2.75, 3.05) is 6.61 Å². The van der Waals surface area contributed by atoms with Gasteiger partial charge >= 0.3 is 5.97 Å². The highest BCUT2D eigenvalue weighted by atomic mass is 16.5. The van der Waals surface area contributed by atoms with Gasteiger partial charge in [-0.1, -0.05) is 36.4 Å². The van der Waals surface area contributed by atoms with Crippen LogP contribution in [0.2, 0.25) is 0 Å². The van der Waals surface area contributed by atoms with Crippen LogP contribution in [0.4, 0.5) is 0 Å². The van der Waals surface area contributed by atoms with Gasteiger partial charge in [0.25, 0.3) is 0 Å². The Morgan fingerprint density at radius 2 is 1.92 bits per heavy atom. The molecule has 0 amide bonds. The van der Waals surface area contributed by atoms with Gasteiger partial charge in [-0.3, -0.25) is 4.79 Å². The molecular weight excluding hydrogens is 314 g/mol. The van der Waals surface area contributed by atoms with E-state index in [9.17, 15) is 4.79 Å². The maximum Gasteiger partial charge on any atom is 0.313 e. The second-order valence-corrected chi connectivity index (χ2v) is 5.83. The molecule has 3 rings (SSSR count). The summed E-state index contributed by atoms with van der Waals surface area (Å²) in [5.74, 6) is 0.168. The minimum absolute atomic E-state index is 0.226. The number of hydrogen-bond donors (Lipinski definition) is 0. The van der Waals surface area contributed by atoms with Crippen LogP contribution in [-0.4, -0.2) is 17.6 Å². The number of carbonyl (C=O) groups is 1. The van der Waals surface area contributed by atoms with Crippen molar-refractivity contribution >= 4 is 16.9 Å². The van der Waals surface area contributed by atoms with Gasteiger partial charge in [0.15, 0.2) is 0 Å². The average molecular weight is 335 g/mol. The topological polar surface area (TPSA) is 48.4 Å². The van der Waals surface area contributed by atoms with Crippen molar-refractivity contribution in [3.8, 4) is 5.75 Å². The lowest BCUT2D eigenvalue weighted by atomic mass is 10.0. The maximum atomic E-state index is 11.9. The molecule has 1 aromatic heterocycles. The molecule has 0 radical (unpaired) electrons. The molecule has 1 heterocycles. The van der Waals surface area contributed by atoms with E-state index in [1.54, 1.807) is 6.92 Å². The Balaban J connectivity index is 1.70. The average Bonchev–Trinajstić information content (AvgIpc) is 2.66. The lowest BCUT2D eigenvalue weighted by Crippen LogP contribution is -2.13. The number of rotatable bonds is 6. The van der Waals surface area contributed by atoms with E-state index in [4.69, 9.17) is 9.47 Å². The molecule has 0 N–H and O–H groups in total. The van der Waals surface area contributed by atoms with Gasteiger partial charge in [-0.05, 0) is 43.7 Å². The Morgan fingerprint density at radius 3 is 2.76 bits per heavy atom. The van der Waals surface area contributed by atoms with Gasteiger partial charge in [0, 0.05) is 5.39 Å². The van der Waals surface area contributed by atoms with E-state index >= 15 is 0 Å². The molecule has 25 heavy (non-hydrogen) atoms. The highest BCUT2D eigenvalue weighted by Crippen LogP contribution is 2.23. The number of benzene rings is 2. The van der Waals surface area contributed by atoms with Crippen LogP contribution in [0.1, 0.15) is 31.0 Å². The summed E-state index contributed by atoms with van der Waals surface area (Å²) in [5, 5.41) is 1.11. The van der Waals surface area contributed by atoms with E-state index in [0.717, 1.165) is 22.2 Å². The third-order valence-electron chi connectivity index (χ3n) is 4.04. The molecule has 0 saturated carbocycles. The van der Waals surface area contributed by atoms with E-state index in [1.807, 2.05) is 67.6 Å². The highest BCUT2D eigenvalue weighted by molar-refractivity contribution is 5.78. The molecule has 0 bridgehead atoms. The van der Waals surface area contributed by atoms with Crippen LogP contribution in [0.15, 0.2) is 60.7 Å². The van der Waals surface area contributed by atoms with Gasteiger partial charge in [-0.2, -0.15) is 0 Å². The zero-order valence-electron chi connectivity index (χ0n) is 14.4. The van der Waals surface area contributed by atoms with Crippen LogP contribution in [0.3, 0.4) is 0 Å². The molecule has 0 aliphatic heterocycles. The lowest BCUT2D eigenvalue weighted by molar-refractivity contribution is -0.144. The Hall–Kier alpha value is -2.88. The molecule has 1 unspecified atom stereocenters. The zero-order chi connectivity index (χ0) is 17.6. The van der Waals surface area contributed by atoms with Crippen molar-refractivity contribution in [1.82, 2.24) is 4.98 Å². The van der Waals surface area contributed by atoms with Crippen molar-refractivity contribution in [2.24, 2.45) is 0 Å². The minimum atomic E-state index is -0.317. The number of fused-ring (bicyclic) bond motifs is 1. The minimum Gasteiger partial charge on any atom is -0.487 e. The summed E-state index contributed by atoms with van der Waals surface area (Å²) in [6, 6.07) is 19.5. The number of esters is 1. The first-order valence-corrected chi connectivity index (χ1v) is 8.41. The van der Waals surface area contributed by atoms with Crippen LogP contribution >= 0.6 is 0 Å². The van der Waals surface area contributed by atoms with Gasteiger partial charge in [-0.25, -0.2) is 4.98 Å². The zero-order valence-corrected chi connectivity index (χ0v) is 14.4. The van der Waals surface area contributed by atoms with Crippen molar-refractivity contribution in [3.05, 3.63) is 71.9 Å². The number of carbonyl (C=O) groups excluding carboxylic acids is 1. The number of nitrogens with zero attached hydrogens (tertiary/aromatic N) is 1. The Labute approximate surface area is 147 Å². The number of hydrogen-bond acceptors (Lipinski definition) is 4. The standard InChI is InChI=1S/C21H21NO3/c1-3-24-21(23)15(2)17-8-6-9-19(13-17)25-14-18-12-11-16-7-4-5-10-20(16)22-18/h4-13,15H,3,14H2,1-2H3. The second-order valence-electron chi connectivity index (χ2n) is 5.83. The first-order valence-electron chi connectivity index (χ1n) is 8.41. The molecule has 1 atom stereocenters. The fraction of sp³-hybridized carbons (Fsp3) is 0.238. The van der Waals surface area contributed by atoms with E-state index in [1.165, 1.54) is 0 Å². The number of aromatic nitrogens is 1. The van der Waals surface area contributed by atoms with Crippen LogP contribution in [0, 0.1) is 0 Å². The molecule has 0 aliphatic rings. The first-order chi connectivity index (χ1) is 12.2. The summed E-state index contributed by atoms with van der Waals surface area (Å²) in [5.41, 5.74) is 2.69. The summed E-state index contributed by atoms with van der Waals surface area (Å²) in [7, 11) is 0. The first kappa shape index (κ1) is 17.0. The second kappa shape index (κ2) is 7.79. The monoisotopic (exact) mass is 335 g/mol. The quantitative estimate of drug-likeness (QED) is 0.623. The largest absolute Gasteiger partial charge is 0.487 e. The van der Waals surface area contributed by atoms with Gasteiger partial charge in [0.2, 0.25) is 0 Å². The fourth-order valence-electron chi connectivity index (χ4n) is 2.62. The molecule has 3 aromatic rings. The van der Waals surface area contributed by atoms with E-state index in [0.29, 0.717) is 19.0 Å². The predicted octanol–water partition coefficient (Wildman–Crippen LogP) is 4.48. The maximum absolute atomic E-state index is 11.9. The van der Waals surface area contributed by atoms with E-state index in [2.05, 4.69) is 4.98 Å². The van der Waals surface area contributed by atoms with Gasteiger partial charge in [0.1, 0.15) is 12.4 Å². The summed E-state index contributed by atoms with van der Waals surface area (Å²) in [6.45, 7) is 4.40. The summed E-state index contributed by atoms with van der Waals surface area (Å²) in [6.07, 6.45) is 0. The number of pyridine rings is 1. The summed E-state index contributed by atoms with van der Waals surface area (Å²) in [4.78, 5) is 16.5. The smallest absolute Gasteiger partial charge is 0.313 e. The highest BCUT2D eigenvalue weighted by Gasteiger charge is 2.16. The van der Waals surface area contributed by atoms with E-state index in [-0.39, 0.29) is 11.9 Å². The van der Waals surface area contributed by atoms with Crippen molar-refractivity contribution < 1.29 is 14.3 Å². The molecule has 4 heteroatoms. The SMILES string of the molecule is CCOC(=O)C(C)c1cccc(OCc2ccc3ccccc3n2)c1. The summed E-state index contributed by atoms with van der Waals surface area (Å²) >= 11 is 0. The molecule has 0 fully saturated rings. The van der Waals surface area contributed by atoms with Crippen molar-refractivity contribution in [3.63, 3.8) is 0 Å². The van der Waals surface area contributed by atoms with Crippen LogP contribution in [0.5, 0.6) is 5.75 Å². The molecule has 128 valence electrons. The van der Waals surface area contributed by atoms with Crippen molar-refractivity contribution in [1.29, 1.82) is 0 Å². The van der Waals surface area contributed by atoms with Crippen LogP contribution in [0.25, 0.3) is 10.9 Å². The summed E-state index contributed by atoms with van der Waals surface area (Å²) < 4.78 is 10.9. The third kappa shape index (κ3) is 4.15. The van der Waals surface area contributed by atoms with Crippen LogP contribution < -0.4 is 4.74 Å². The van der Waals surface area contributed by atoms with Gasteiger partial charge in [-0.15, -0.1) is 0 Å². The normalized spacial score (nSPS) is 11.9. The number of para-hydroxylation sites is 1. The molecule has 0 aliphatic carbocycles. The molecule has 2 aromatic carbocycles. The molecule has 0 saturated heterocycles. The van der Waals surface area contributed by atoms with Crippen LogP contribution in [-0.2, 0) is 16.1 Å². The predicted molar refractivity (Wildman–Crippen MR) is 97.6 cm³/mol. The van der Waals surface area contributed by atoms with E-state index < -0.39 is 0 Å². The molecule has 0 spiro atoms. The van der Waals surface area contributed by atoms with Gasteiger partial charge in [0.05, 0.1) is 23.7 Å².